The molecule has 22 heavy (non-hydrogen) atoms. The van der Waals surface area contributed by atoms with Crippen LogP contribution in [0.3, 0.4) is 0 Å². The van der Waals surface area contributed by atoms with Crippen molar-refractivity contribution in [1.82, 2.24) is 4.98 Å². The van der Waals surface area contributed by atoms with Gasteiger partial charge in [0.15, 0.2) is 10.8 Å². The predicted octanol–water partition coefficient (Wildman–Crippen LogP) is 4.74. The molecular formula is C13H10ClF3N2O2S. The van der Waals surface area contributed by atoms with Crippen molar-refractivity contribution in [2.75, 3.05) is 11.9 Å². The molecule has 0 spiro atoms. The average Bonchev–Trinajstić information content (AvgIpc) is 2.88. The van der Waals surface area contributed by atoms with Gasteiger partial charge in [-0.3, -0.25) is 0 Å². The monoisotopic (exact) mass is 350 g/mol. The summed E-state index contributed by atoms with van der Waals surface area (Å²) < 4.78 is 43.1. The second-order valence-electron chi connectivity index (χ2n) is 4.08. The number of carbonyl (C=O) groups excluding carboxylic acids is 1. The summed E-state index contributed by atoms with van der Waals surface area (Å²) in [6.07, 6.45) is -4.55. The van der Waals surface area contributed by atoms with E-state index in [0.717, 1.165) is 23.5 Å². The van der Waals surface area contributed by atoms with Crippen LogP contribution in [0.5, 0.6) is 0 Å². The summed E-state index contributed by atoms with van der Waals surface area (Å²) in [5, 5.41) is 4.05. The van der Waals surface area contributed by atoms with Gasteiger partial charge in [0.05, 0.1) is 17.2 Å². The van der Waals surface area contributed by atoms with Gasteiger partial charge in [-0.25, -0.2) is 9.78 Å². The van der Waals surface area contributed by atoms with Gasteiger partial charge in [-0.15, -0.1) is 11.3 Å². The molecule has 0 saturated carbocycles. The highest BCUT2D eigenvalue weighted by atomic mass is 35.5. The maximum absolute atomic E-state index is 12.8. The first-order valence-electron chi connectivity index (χ1n) is 6.07. The highest BCUT2D eigenvalue weighted by Gasteiger charge is 2.33. The number of hydrogen-bond donors (Lipinski definition) is 1. The van der Waals surface area contributed by atoms with Crippen LogP contribution < -0.4 is 5.32 Å². The highest BCUT2D eigenvalue weighted by Crippen LogP contribution is 2.36. The Morgan fingerprint density at radius 3 is 2.82 bits per heavy atom. The number of hydrogen-bond acceptors (Lipinski definition) is 5. The van der Waals surface area contributed by atoms with Crippen LogP contribution in [0, 0.1) is 0 Å². The first-order chi connectivity index (χ1) is 10.3. The lowest BCUT2D eigenvalue weighted by Crippen LogP contribution is -2.07. The quantitative estimate of drug-likeness (QED) is 0.809. The van der Waals surface area contributed by atoms with Crippen molar-refractivity contribution in [2.45, 2.75) is 13.1 Å². The Bertz CT molecular complexity index is 688. The largest absolute Gasteiger partial charge is 0.461 e. The van der Waals surface area contributed by atoms with Crippen molar-refractivity contribution in [3.8, 4) is 0 Å². The summed E-state index contributed by atoms with van der Waals surface area (Å²) in [6, 6.07) is 3.42. The molecule has 4 nitrogen and oxygen atoms in total. The van der Waals surface area contributed by atoms with Crippen molar-refractivity contribution >= 4 is 39.7 Å². The molecule has 0 bridgehead atoms. The predicted molar refractivity (Wildman–Crippen MR) is 77.8 cm³/mol. The van der Waals surface area contributed by atoms with Crippen molar-refractivity contribution in [1.29, 1.82) is 0 Å². The molecule has 1 N–H and O–H groups in total. The summed E-state index contributed by atoms with van der Waals surface area (Å²) in [6.45, 7) is 1.88. The zero-order chi connectivity index (χ0) is 16.3. The number of alkyl halides is 3. The van der Waals surface area contributed by atoms with Crippen molar-refractivity contribution in [2.24, 2.45) is 0 Å². The minimum Gasteiger partial charge on any atom is -0.461 e. The minimum absolute atomic E-state index is 0.0966. The number of anilines is 2. The van der Waals surface area contributed by atoms with E-state index in [4.69, 9.17) is 16.3 Å². The van der Waals surface area contributed by atoms with E-state index in [9.17, 15) is 18.0 Å². The molecule has 0 atom stereocenters. The summed E-state index contributed by atoms with van der Waals surface area (Å²) in [4.78, 5) is 15.4. The molecule has 1 heterocycles. The smallest absolute Gasteiger partial charge is 0.417 e. The molecule has 0 aliphatic heterocycles. The van der Waals surface area contributed by atoms with Gasteiger partial charge in [-0.1, -0.05) is 11.6 Å². The molecule has 1 aromatic carbocycles. The molecular weight excluding hydrogens is 341 g/mol. The molecule has 118 valence electrons. The van der Waals surface area contributed by atoms with Crippen molar-refractivity contribution in [3.05, 3.63) is 39.9 Å². The van der Waals surface area contributed by atoms with Crippen LogP contribution in [-0.4, -0.2) is 17.6 Å². The summed E-state index contributed by atoms with van der Waals surface area (Å²) >= 11 is 6.62. The molecule has 0 amide bonds. The number of esters is 1. The number of aromatic nitrogens is 1. The van der Waals surface area contributed by atoms with Crippen LogP contribution >= 0.6 is 22.9 Å². The Labute approximate surface area is 132 Å². The number of nitrogens with one attached hydrogen (secondary N) is 1. The van der Waals surface area contributed by atoms with Crippen LogP contribution in [-0.2, 0) is 10.9 Å². The summed E-state index contributed by atoms with van der Waals surface area (Å²) in [5.41, 5.74) is -0.679. The molecule has 0 fully saturated rings. The van der Waals surface area contributed by atoms with Gasteiger partial charge in [0.1, 0.15) is 0 Å². The number of nitrogens with zero attached hydrogens (tertiary/aromatic N) is 1. The highest BCUT2D eigenvalue weighted by molar-refractivity contribution is 7.14. The lowest BCUT2D eigenvalue weighted by Gasteiger charge is -2.11. The number of ether oxygens (including phenoxy) is 1. The van der Waals surface area contributed by atoms with E-state index in [2.05, 4.69) is 10.3 Å². The van der Waals surface area contributed by atoms with Crippen LogP contribution in [0.15, 0.2) is 23.6 Å². The normalized spacial score (nSPS) is 11.3. The van der Waals surface area contributed by atoms with E-state index in [1.54, 1.807) is 6.92 Å². The first kappa shape index (κ1) is 16.6. The summed E-state index contributed by atoms with van der Waals surface area (Å²) in [5.74, 6) is -0.584. The number of benzene rings is 1. The fourth-order valence-electron chi connectivity index (χ4n) is 1.57. The molecule has 0 radical (unpaired) electrons. The van der Waals surface area contributed by atoms with E-state index < -0.39 is 17.7 Å². The second-order valence-corrected chi connectivity index (χ2v) is 5.34. The average molecular weight is 351 g/mol. The molecule has 0 unspecified atom stereocenters. The minimum atomic E-state index is -4.55. The zero-order valence-electron chi connectivity index (χ0n) is 11.2. The Balaban J connectivity index is 2.20. The van der Waals surface area contributed by atoms with E-state index in [-0.39, 0.29) is 28.1 Å². The van der Waals surface area contributed by atoms with Gasteiger partial charge >= 0.3 is 12.1 Å². The number of thiazole rings is 1. The fraction of sp³-hybridized carbons (Fsp3) is 0.231. The fourth-order valence-corrected chi connectivity index (χ4v) is 2.50. The third kappa shape index (κ3) is 3.89. The third-order valence-electron chi connectivity index (χ3n) is 2.51. The first-order valence-corrected chi connectivity index (χ1v) is 7.33. The Morgan fingerprint density at radius 2 is 2.18 bits per heavy atom. The maximum atomic E-state index is 12.8. The van der Waals surface area contributed by atoms with E-state index in [1.165, 1.54) is 11.4 Å². The van der Waals surface area contributed by atoms with Gasteiger partial charge in [0, 0.05) is 11.1 Å². The van der Waals surface area contributed by atoms with Crippen molar-refractivity contribution < 1.29 is 22.7 Å². The van der Waals surface area contributed by atoms with Gasteiger partial charge in [0.25, 0.3) is 0 Å². The molecule has 2 aromatic rings. The Hall–Kier alpha value is -1.80. The van der Waals surface area contributed by atoms with Gasteiger partial charge in [0.2, 0.25) is 0 Å². The maximum Gasteiger partial charge on any atom is 0.417 e. The SMILES string of the molecule is CCOC(=O)c1csc(Nc2ccc(Cl)c(C(F)(F)F)c2)n1. The standard InChI is InChI=1S/C13H10ClF3N2O2S/c1-2-21-11(20)10-6-22-12(19-10)18-7-3-4-9(14)8(5-7)13(15,16)17/h3-6H,2H2,1H3,(H,18,19). The molecule has 0 saturated heterocycles. The van der Waals surface area contributed by atoms with Crippen molar-refractivity contribution in [3.63, 3.8) is 0 Å². The second kappa shape index (κ2) is 6.53. The number of halogens is 4. The number of rotatable bonds is 4. The van der Waals surface area contributed by atoms with Crippen LogP contribution in [0.2, 0.25) is 5.02 Å². The third-order valence-corrected chi connectivity index (χ3v) is 3.60. The lowest BCUT2D eigenvalue weighted by molar-refractivity contribution is -0.137. The molecule has 9 heteroatoms. The van der Waals surface area contributed by atoms with Crippen LogP contribution in [0.25, 0.3) is 0 Å². The van der Waals surface area contributed by atoms with E-state index >= 15 is 0 Å². The summed E-state index contributed by atoms with van der Waals surface area (Å²) in [7, 11) is 0. The topological polar surface area (TPSA) is 51.2 Å². The molecule has 0 aliphatic carbocycles. The Kier molecular flexibility index (Phi) is 4.92. The number of carbonyl (C=O) groups is 1. The molecule has 2 rings (SSSR count). The van der Waals surface area contributed by atoms with Gasteiger partial charge in [-0.2, -0.15) is 13.2 Å². The van der Waals surface area contributed by atoms with Crippen LogP contribution in [0.1, 0.15) is 23.0 Å². The van der Waals surface area contributed by atoms with E-state index in [1.807, 2.05) is 0 Å². The van der Waals surface area contributed by atoms with Crippen LogP contribution in [0.4, 0.5) is 24.0 Å². The molecule has 1 aromatic heterocycles. The zero-order valence-corrected chi connectivity index (χ0v) is 12.8. The van der Waals surface area contributed by atoms with E-state index in [0.29, 0.717) is 0 Å². The van der Waals surface area contributed by atoms with Gasteiger partial charge < -0.3 is 10.1 Å². The molecule has 0 aliphatic rings. The Morgan fingerprint density at radius 1 is 1.45 bits per heavy atom. The lowest BCUT2D eigenvalue weighted by atomic mass is 10.2. The van der Waals surface area contributed by atoms with Gasteiger partial charge in [-0.05, 0) is 25.1 Å².